The third kappa shape index (κ3) is 12.6. The van der Waals surface area contributed by atoms with E-state index < -0.39 is 178 Å². The normalized spacial score (nSPS) is 25.7. The van der Waals surface area contributed by atoms with Gasteiger partial charge in [-0.2, -0.15) is 0 Å². The zero-order valence-corrected chi connectivity index (χ0v) is 49.1. The molecule has 2 heterocycles. The van der Waals surface area contributed by atoms with E-state index in [0.29, 0.717) is 6.42 Å². The molecule has 8 N–H and O–H groups in total. The second-order valence-electron chi connectivity index (χ2n) is 22.0. The highest BCUT2D eigenvalue weighted by atomic mass is 32.2. The summed E-state index contributed by atoms with van der Waals surface area (Å²) >= 11 is 0.171. The van der Waals surface area contributed by atoms with Gasteiger partial charge in [-0.05, 0) is 141 Å². The molecule has 0 saturated heterocycles. The van der Waals surface area contributed by atoms with Gasteiger partial charge in [0.05, 0.1) is 30.5 Å². The Kier molecular flexibility index (Phi) is 18.9. The number of nitrogens with zero attached hydrogens (tertiary/aromatic N) is 4. The Balaban J connectivity index is 0.956. The molecule has 0 aliphatic heterocycles. The SMILES string of the molecule is C[C@]12C=CC(=O)C=C1[C@@H](F)C[C@H]1[C@@H]3CC[C@](OC(=O)c4ccc(F)c(NC(=O)[C@H](CCCCN)NC(=O)[C@H](CO)NC(=O)CNC(=O)c5cc(-c6cnc(S(C)(=O)=O)nc6)cc(-c6cnc(S(C)(=O)=O)nc6)c5)c4)(C(=O)SCF)[C@@]3(C)C[C@H](O)[C@@]12F. The number of carbonyl (C=O) groups excluding carboxylic acids is 7. The molecule has 4 aliphatic carbocycles. The third-order valence-corrected chi connectivity index (χ3v) is 19.0. The summed E-state index contributed by atoms with van der Waals surface area (Å²) in [5.41, 5.74) is -2.84. The average Bonchev–Trinajstić information content (AvgIpc) is 1.31. The monoisotopic (exact) mass is 1260 g/mol. The molecule has 4 aliphatic rings. The van der Waals surface area contributed by atoms with Crippen LogP contribution < -0.4 is 27.0 Å². The summed E-state index contributed by atoms with van der Waals surface area (Å²) in [5.74, 6) is -9.20. The molecule has 8 rings (SSSR count). The Morgan fingerprint density at radius 2 is 1.47 bits per heavy atom. The van der Waals surface area contributed by atoms with Gasteiger partial charge in [0.1, 0.15) is 30.1 Å². The fraction of sp³-hybridized carbons (Fsp3) is 0.446. The van der Waals surface area contributed by atoms with Crippen molar-refractivity contribution in [2.24, 2.45) is 28.4 Å². The number of hydrogen-bond acceptors (Lipinski definition) is 20. The molecular weight excluding hydrogens is 1190 g/mol. The van der Waals surface area contributed by atoms with Gasteiger partial charge in [-0.15, -0.1) is 0 Å². The molecule has 460 valence electrons. The van der Waals surface area contributed by atoms with Crippen molar-refractivity contribution in [3.63, 3.8) is 0 Å². The van der Waals surface area contributed by atoms with Crippen LogP contribution in [0.4, 0.5) is 23.2 Å². The number of esters is 1. The summed E-state index contributed by atoms with van der Waals surface area (Å²) in [6.45, 7) is 1.18. The highest BCUT2D eigenvalue weighted by molar-refractivity contribution is 8.13. The van der Waals surface area contributed by atoms with Crippen LogP contribution in [0, 0.1) is 28.5 Å². The van der Waals surface area contributed by atoms with Crippen LogP contribution in [0.15, 0.2) is 95.3 Å². The summed E-state index contributed by atoms with van der Waals surface area (Å²) in [5, 5.41) is 29.5. The molecule has 0 spiro atoms. The third-order valence-electron chi connectivity index (χ3n) is 16.6. The second-order valence-corrected chi connectivity index (χ2v) is 26.7. The first kappa shape index (κ1) is 64.6. The van der Waals surface area contributed by atoms with Crippen LogP contribution in [0.1, 0.15) is 79.5 Å². The van der Waals surface area contributed by atoms with Gasteiger partial charge >= 0.3 is 5.97 Å². The molecule has 0 bridgehead atoms. The minimum atomic E-state index is -3.79. The number of nitrogens with one attached hydrogen (secondary N) is 4. The number of rotatable bonds is 21. The number of aliphatic hydroxyl groups excluding tert-OH is 2. The van der Waals surface area contributed by atoms with E-state index in [1.165, 1.54) is 62.9 Å². The molecule has 3 saturated carbocycles. The minimum Gasteiger partial charge on any atom is -0.446 e. The Bertz CT molecular complexity index is 3590. The number of amides is 4. The van der Waals surface area contributed by atoms with Gasteiger partial charge in [-0.25, -0.2) is 59.1 Å². The molecule has 0 radical (unpaired) electrons. The van der Waals surface area contributed by atoms with Gasteiger partial charge in [0.15, 0.2) is 17.1 Å². The number of ketones is 1. The summed E-state index contributed by atoms with van der Waals surface area (Å²) in [6.07, 6.45) is 5.23. The smallest absolute Gasteiger partial charge is 0.339 e. The van der Waals surface area contributed by atoms with Crippen molar-refractivity contribution in [1.29, 1.82) is 0 Å². The first-order valence-electron chi connectivity index (χ1n) is 26.9. The highest BCUT2D eigenvalue weighted by Crippen LogP contribution is 2.71. The van der Waals surface area contributed by atoms with E-state index in [1.54, 1.807) is 0 Å². The van der Waals surface area contributed by atoms with Crippen molar-refractivity contribution in [2.75, 3.05) is 43.5 Å². The van der Waals surface area contributed by atoms with Crippen molar-refractivity contribution >= 4 is 77.6 Å². The Morgan fingerprint density at radius 3 is 2.03 bits per heavy atom. The number of ether oxygens (including phenoxy) is 1. The molecule has 0 unspecified atom stereocenters. The fourth-order valence-corrected chi connectivity index (χ4v) is 13.9. The number of anilines is 1. The predicted octanol–water partition coefficient (Wildman–Crippen LogP) is 3.41. The van der Waals surface area contributed by atoms with E-state index in [-0.39, 0.29) is 77.4 Å². The van der Waals surface area contributed by atoms with Gasteiger partial charge < -0.3 is 42.0 Å². The first-order valence-corrected chi connectivity index (χ1v) is 31.6. The number of alkyl halides is 3. The number of aromatic nitrogens is 4. The topological polar surface area (TPSA) is 363 Å². The van der Waals surface area contributed by atoms with Crippen LogP contribution in [-0.4, -0.2) is 161 Å². The van der Waals surface area contributed by atoms with Crippen LogP contribution in [0.5, 0.6) is 0 Å². The van der Waals surface area contributed by atoms with Gasteiger partial charge in [-0.1, -0.05) is 13.0 Å². The van der Waals surface area contributed by atoms with E-state index in [1.807, 2.05) is 0 Å². The van der Waals surface area contributed by atoms with E-state index >= 15 is 13.2 Å². The lowest BCUT2D eigenvalue weighted by Crippen LogP contribution is -2.70. The van der Waals surface area contributed by atoms with Crippen LogP contribution >= 0.6 is 11.8 Å². The van der Waals surface area contributed by atoms with E-state index in [4.69, 9.17) is 10.5 Å². The van der Waals surface area contributed by atoms with Crippen LogP contribution in [-0.2, 0) is 48.4 Å². The maximum Gasteiger partial charge on any atom is 0.339 e. The lowest BCUT2D eigenvalue weighted by molar-refractivity contribution is -0.219. The zero-order valence-electron chi connectivity index (χ0n) is 46.6. The average molecular weight is 1260 g/mol. The number of aliphatic hydroxyl groups is 2. The fourth-order valence-electron chi connectivity index (χ4n) is 12.2. The van der Waals surface area contributed by atoms with Gasteiger partial charge in [-0.3, -0.25) is 28.8 Å². The molecule has 23 nitrogen and oxygen atoms in total. The molecule has 10 atom stereocenters. The highest BCUT2D eigenvalue weighted by Gasteiger charge is 2.76. The number of fused-ring (bicyclic) bond motifs is 5. The molecular formula is C56H61F4N9O14S3. The van der Waals surface area contributed by atoms with Gasteiger partial charge in [0.2, 0.25) is 52.8 Å². The maximum absolute atomic E-state index is 17.9. The second kappa shape index (κ2) is 25.1. The zero-order chi connectivity index (χ0) is 62.9. The number of halogens is 4. The van der Waals surface area contributed by atoms with E-state index in [9.17, 15) is 65.0 Å². The number of nitrogens with two attached hydrogens (primary N) is 1. The number of allylic oxidation sites excluding steroid dienone is 4. The van der Waals surface area contributed by atoms with Crippen molar-refractivity contribution in [3.8, 4) is 22.3 Å². The molecule has 4 aromatic rings. The molecule has 2 aromatic heterocycles. The number of thioether (sulfide) groups is 1. The summed E-state index contributed by atoms with van der Waals surface area (Å²) in [4.78, 5) is 111. The maximum atomic E-state index is 17.9. The quantitative estimate of drug-likeness (QED) is 0.0272. The van der Waals surface area contributed by atoms with E-state index in [2.05, 4.69) is 41.2 Å². The molecule has 4 amide bonds. The Morgan fingerprint density at radius 1 is 0.849 bits per heavy atom. The number of hydrogen-bond donors (Lipinski definition) is 7. The summed E-state index contributed by atoms with van der Waals surface area (Å²) < 4.78 is 118. The number of sulfone groups is 2. The lowest BCUT2D eigenvalue weighted by Gasteiger charge is -2.63. The van der Waals surface area contributed by atoms with Crippen molar-refractivity contribution in [2.45, 2.75) is 105 Å². The lowest BCUT2D eigenvalue weighted by atomic mass is 9.44. The first-order chi connectivity index (χ1) is 40.4. The standard InChI is InChI=1S/C56H61F4N9O14S3/c1-53-12-10-35(71)19-38(53)40(59)20-37-36-11-13-55(50(78)84-28-57,54(36,2)21-44(72)56(37,53)60)83-49(77)29-8-9-39(58)42(18-29)69-47(75)41(7-5-6-14-61)68-48(76)43(27-70)67-45(73)26-62-46(74)32-16-30(33-22-63-51(64-23-33)85(3,79)80)15-31(17-32)34-24-65-52(66-25-34)86(4,81)82/h8-10,12,15-19,22-25,36-37,40-41,43-44,70,72H,5-7,11,13-14,20-21,26-28,61H2,1-4H3,(H,62,74)(H,67,73)(H,68,76)(H,69,75)/t36-,37-,40-,41-,43-,44-,53-,54-,55-,56-/m0/s1. The van der Waals surface area contributed by atoms with Crippen molar-refractivity contribution in [3.05, 3.63) is 102 Å². The van der Waals surface area contributed by atoms with Crippen molar-refractivity contribution in [1.82, 2.24) is 35.9 Å². The van der Waals surface area contributed by atoms with Crippen LogP contribution in [0.25, 0.3) is 22.3 Å². The van der Waals surface area contributed by atoms with Gasteiger partial charge in [0.25, 0.3) is 5.91 Å². The van der Waals surface area contributed by atoms with Crippen LogP contribution in [0.3, 0.4) is 0 Å². The molecule has 3 fully saturated rings. The Labute approximate surface area is 495 Å². The van der Waals surface area contributed by atoms with Crippen molar-refractivity contribution < 1.29 is 82.9 Å². The largest absolute Gasteiger partial charge is 0.446 e. The van der Waals surface area contributed by atoms with Gasteiger partial charge in [0, 0.05) is 70.7 Å². The Hall–Kier alpha value is -7.38. The summed E-state index contributed by atoms with van der Waals surface area (Å²) in [7, 11) is -7.58. The van der Waals surface area contributed by atoms with Crippen LogP contribution in [0.2, 0.25) is 0 Å². The van der Waals surface area contributed by atoms with E-state index in [0.717, 1.165) is 42.9 Å². The predicted molar refractivity (Wildman–Crippen MR) is 301 cm³/mol. The summed E-state index contributed by atoms with van der Waals surface area (Å²) in [6, 6.07) is 2.31. The minimum absolute atomic E-state index is 0.0370. The molecule has 2 aromatic carbocycles. The number of carbonyl (C=O) groups is 7. The number of benzene rings is 2. The molecule has 86 heavy (non-hydrogen) atoms. The molecule has 30 heteroatoms. The number of unbranched alkanes of at least 4 members (excludes halogenated alkanes) is 1.